The largest absolute Gasteiger partial charge is 0.321 e. The van der Waals surface area contributed by atoms with Crippen molar-refractivity contribution in [2.24, 2.45) is 0 Å². The van der Waals surface area contributed by atoms with E-state index >= 15 is 0 Å². The highest BCUT2D eigenvalue weighted by Crippen LogP contribution is 2.26. The van der Waals surface area contributed by atoms with E-state index in [1.165, 1.54) is 6.07 Å². The lowest BCUT2D eigenvalue weighted by Gasteiger charge is -2.15. The Kier molecular flexibility index (Phi) is 5.62. The number of hydrogen-bond acceptors (Lipinski definition) is 4. The Morgan fingerprint density at radius 2 is 1.81 bits per heavy atom. The van der Waals surface area contributed by atoms with Gasteiger partial charge in [0.25, 0.3) is 15.9 Å². The summed E-state index contributed by atoms with van der Waals surface area (Å²) in [6, 6.07) is 15.6. The molecule has 2 aromatic carbocycles. The zero-order valence-corrected chi connectivity index (χ0v) is 16.7. The van der Waals surface area contributed by atoms with E-state index in [9.17, 15) is 13.2 Å². The van der Waals surface area contributed by atoms with Gasteiger partial charge in [-0.05, 0) is 48.1 Å². The maximum atomic E-state index is 12.9. The van der Waals surface area contributed by atoms with Crippen LogP contribution in [0, 0.1) is 6.92 Å². The highest BCUT2D eigenvalue weighted by molar-refractivity contribution is 7.94. The van der Waals surface area contributed by atoms with Crippen molar-refractivity contribution in [2.45, 2.75) is 24.5 Å². The number of hydrogen-bond donors (Lipinski definition) is 2. The van der Waals surface area contributed by atoms with Crippen LogP contribution in [0.1, 0.15) is 28.4 Å². The summed E-state index contributed by atoms with van der Waals surface area (Å²) in [4.78, 5) is 12.9. The van der Waals surface area contributed by atoms with E-state index in [4.69, 9.17) is 0 Å². The Morgan fingerprint density at radius 3 is 2.52 bits per heavy atom. The third kappa shape index (κ3) is 4.20. The molecule has 0 unspecified atom stereocenters. The highest BCUT2D eigenvalue weighted by atomic mass is 32.2. The van der Waals surface area contributed by atoms with Crippen molar-refractivity contribution >= 4 is 38.6 Å². The summed E-state index contributed by atoms with van der Waals surface area (Å²) >= 11 is 1.12. The second-order valence-electron chi connectivity index (χ2n) is 6.00. The number of nitrogens with one attached hydrogen (secondary N) is 2. The summed E-state index contributed by atoms with van der Waals surface area (Å²) in [7, 11) is -3.73. The minimum atomic E-state index is -3.73. The highest BCUT2D eigenvalue weighted by Gasteiger charge is 2.20. The van der Waals surface area contributed by atoms with Gasteiger partial charge >= 0.3 is 0 Å². The maximum Gasteiger partial charge on any atom is 0.271 e. The number of thiophene rings is 1. The number of amides is 1. The number of para-hydroxylation sites is 2. The van der Waals surface area contributed by atoms with Gasteiger partial charge in [0, 0.05) is 5.69 Å². The lowest BCUT2D eigenvalue weighted by molar-refractivity contribution is 0.102. The molecule has 3 aromatic rings. The van der Waals surface area contributed by atoms with E-state index in [0.717, 1.165) is 34.6 Å². The van der Waals surface area contributed by atoms with Crippen LogP contribution in [0.15, 0.2) is 64.2 Å². The molecule has 0 spiro atoms. The first-order chi connectivity index (χ1) is 12.9. The van der Waals surface area contributed by atoms with E-state index in [1.54, 1.807) is 35.7 Å². The Labute approximate surface area is 163 Å². The van der Waals surface area contributed by atoms with Gasteiger partial charge in [0.15, 0.2) is 0 Å². The number of anilines is 2. The van der Waals surface area contributed by atoms with Gasteiger partial charge in [-0.1, -0.05) is 43.3 Å². The Bertz CT molecular complexity index is 1060. The second-order valence-corrected chi connectivity index (χ2v) is 8.86. The molecule has 0 fully saturated rings. The number of carbonyl (C=O) groups is 1. The molecule has 0 saturated carbocycles. The zero-order chi connectivity index (χ0) is 19.4. The zero-order valence-electron chi connectivity index (χ0n) is 15.0. The van der Waals surface area contributed by atoms with Crippen LogP contribution >= 0.6 is 11.3 Å². The standard InChI is InChI=1S/C20H20N2O3S2/c1-3-15-9-6-8-14(2)19(15)21-20(23)16-10-4-5-11-17(16)22-27(24,25)18-12-7-13-26-18/h4-13,22H,3H2,1-2H3,(H,21,23). The maximum absolute atomic E-state index is 12.9. The first-order valence-electron chi connectivity index (χ1n) is 8.47. The summed E-state index contributed by atoms with van der Waals surface area (Å²) in [6.07, 6.45) is 0.782. The monoisotopic (exact) mass is 400 g/mol. The second kappa shape index (κ2) is 7.94. The number of rotatable bonds is 6. The van der Waals surface area contributed by atoms with Gasteiger partial charge < -0.3 is 5.32 Å². The molecule has 7 heteroatoms. The van der Waals surface area contributed by atoms with E-state index in [1.807, 2.05) is 32.0 Å². The van der Waals surface area contributed by atoms with Crippen molar-refractivity contribution in [1.82, 2.24) is 0 Å². The number of aryl methyl sites for hydroxylation is 2. The topological polar surface area (TPSA) is 75.3 Å². The van der Waals surface area contributed by atoms with Crippen molar-refractivity contribution in [1.29, 1.82) is 0 Å². The minimum Gasteiger partial charge on any atom is -0.321 e. The molecular formula is C20H20N2O3S2. The van der Waals surface area contributed by atoms with Crippen LogP contribution in [-0.4, -0.2) is 14.3 Å². The van der Waals surface area contributed by atoms with Gasteiger partial charge in [-0.25, -0.2) is 8.42 Å². The molecule has 1 aromatic heterocycles. The average Bonchev–Trinajstić information content (AvgIpc) is 3.19. The molecule has 0 bridgehead atoms. The van der Waals surface area contributed by atoms with Crippen molar-refractivity contribution in [3.8, 4) is 0 Å². The fourth-order valence-electron chi connectivity index (χ4n) is 2.76. The first-order valence-corrected chi connectivity index (χ1v) is 10.8. The summed E-state index contributed by atoms with van der Waals surface area (Å²) in [5.41, 5.74) is 3.26. The predicted molar refractivity (Wildman–Crippen MR) is 110 cm³/mol. The summed E-state index contributed by atoms with van der Waals surface area (Å²) in [6.45, 7) is 3.95. The Balaban J connectivity index is 1.92. The van der Waals surface area contributed by atoms with Crippen LogP contribution in [-0.2, 0) is 16.4 Å². The summed E-state index contributed by atoms with van der Waals surface area (Å²) in [5, 5.41) is 4.63. The average molecular weight is 401 g/mol. The molecule has 1 heterocycles. The van der Waals surface area contributed by atoms with E-state index in [-0.39, 0.29) is 21.4 Å². The van der Waals surface area contributed by atoms with Gasteiger partial charge in [-0.3, -0.25) is 9.52 Å². The molecule has 140 valence electrons. The first kappa shape index (κ1) is 19.1. The molecule has 0 aliphatic heterocycles. The molecule has 0 aliphatic rings. The fourth-order valence-corrected chi connectivity index (χ4v) is 4.84. The molecule has 2 N–H and O–H groups in total. The van der Waals surface area contributed by atoms with E-state index in [0.29, 0.717) is 0 Å². The van der Waals surface area contributed by atoms with Gasteiger partial charge in [0.05, 0.1) is 11.3 Å². The van der Waals surface area contributed by atoms with Crippen LogP contribution in [0.5, 0.6) is 0 Å². The normalized spacial score (nSPS) is 11.2. The third-order valence-electron chi connectivity index (χ3n) is 4.15. The lowest BCUT2D eigenvalue weighted by atomic mass is 10.1. The van der Waals surface area contributed by atoms with Gasteiger partial charge in [0.1, 0.15) is 4.21 Å². The van der Waals surface area contributed by atoms with E-state index in [2.05, 4.69) is 10.0 Å². The van der Waals surface area contributed by atoms with Crippen LogP contribution in [0.4, 0.5) is 11.4 Å². The fraction of sp³-hybridized carbons (Fsp3) is 0.150. The number of sulfonamides is 1. The third-order valence-corrected chi connectivity index (χ3v) is 6.92. The Morgan fingerprint density at radius 1 is 1.04 bits per heavy atom. The molecule has 0 atom stereocenters. The van der Waals surface area contributed by atoms with Crippen molar-refractivity contribution in [3.63, 3.8) is 0 Å². The van der Waals surface area contributed by atoms with Crippen LogP contribution in [0.2, 0.25) is 0 Å². The molecule has 27 heavy (non-hydrogen) atoms. The lowest BCUT2D eigenvalue weighted by Crippen LogP contribution is -2.19. The van der Waals surface area contributed by atoms with Crippen LogP contribution in [0.3, 0.4) is 0 Å². The predicted octanol–water partition coefficient (Wildman–Crippen LogP) is 4.67. The number of benzene rings is 2. The van der Waals surface area contributed by atoms with Gasteiger partial charge in [0.2, 0.25) is 0 Å². The van der Waals surface area contributed by atoms with Gasteiger partial charge in [-0.2, -0.15) is 0 Å². The van der Waals surface area contributed by atoms with Crippen LogP contribution < -0.4 is 10.0 Å². The molecule has 0 aliphatic carbocycles. The van der Waals surface area contributed by atoms with Crippen LogP contribution in [0.25, 0.3) is 0 Å². The summed E-state index contributed by atoms with van der Waals surface area (Å²) in [5.74, 6) is -0.358. The molecule has 3 rings (SSSR count). The molecule has 5 nitrogen and oxygen atoms in total. The van der Waals surface area contributed by atoms with Crippen molar-refractivity contribution < 1.29 is 13.2 Å². The summed E-state index contributed by atoms with van der Waals surface area (Å²) < 4.78 is 27.8. The quantitative estimate of drug-likeness (QED) is 0.631. The Hall–Kier alpha value is -2.64. The molecular weight excluding hydrogens is 380 g/mol. The smallest absolute Gasteiger partial charge is 0.271 e. The number of carbonyl (C=O) groups excluding carboxylic acids is 1. The van der Waals surface area contributed by atoms with Gasteiger partial charge in [-0.15, -0.1) is 11.3 Å². The van der Waals surface area contributed by atoms with E-state index < -0.39 is 10.0 Å². The van der Waals surface area contributed by atoms with Crippen molar-refractivity contribution in [2.75, 3.05) is 10.0 Å². The SMILES string of the molecule is CCc1cccc(C)c1NC(=O)c1ccccc1NS(=O)(=O)c1cccs1. The molecule has 1 amide bonds. The minimum absolute atomic E-state index is 0.199. The van der Waals surface area contributed by atoms with Crippen molar-refractivity contribution in [3.05, 3.63) is 76.7 Å². The molecule has 0 radical (unpaired) electrons. The molecule has 0 saturated heterocycles.